The Bertz CT molecular complexity index is 287. The van der Waals surface area contributed by atoms with Gasteiger partial charge in [-0.3, -0.25) is 4.79 Å². The Morgan fingerprint density at radius 3 is 3.00 bits per heavy atom. The van der Waals surface area contributed by atoms with Crippen LogP contribution in [0.4, 0.5) is 5.82 Å². The summed E-state index contributed by atoms with van der Waals surface area (Å²) in [5.41, 5.74) is 0. The van der Waals surface area contributed by atoms with Gasteiger partial charge in [-0.2, -0.15) is 0 Å². The molecule has 0 fully saturated rings. The average Bonchev–Trinajstić information content (AvgIpc) is 2.19. The van der Waals surface area contributed by atoms with Gasteiger partial charge in [-0.05, 0) is 19.1 Å². The quantitative estimate of drug-likeness (QED) is 0.586. The summed E-state index contributed by atoms with van der Waals surface area (Å²) in [4.78, 5) is 15.0. The van der Waals surface area contributed by atoms with Crippen molar-refractivity contribution in [3.05, 3.63) is 24.4 Å². The van der Waals surface area contributed by atoms with Crippen LogP contribution in [-0.4, -0.2) is 17.2 Å². The molecule has 0 aliphatic heterocycles. The molecule has 0 saturated heterocycles. The van der Waals surface area contributed by atoms with Gasteiger partial charge < -0.3 is 10.1 Å². The number of ether oxygens (including phenoxy) is 1. The molecule has 1 aromatic heterocycles. The molecule has 1 atom stereocenters. The highest BCUT2D eigenvalue weighted by atomic mass is 16.6. The molecule has 0 spiro atoms. The number of aromatic nitrogens is 1. The first kappa shape index (κ1) is 10.5. The molecule has 0 amide bonds. The van der Waals surface area contributed by atoms with Crippen LogP contribution < -0.4 is 5.32 Å². The minimum Gasteiger partial charge on any atom is -0.442 e. The molecule has 14 heavy (non-hydrogen) atoms. The van der Waals surface area contributed by atoms with Crippen molar-refractivity contribution < 1.29 is 9.53 Å². The predicted molar refractivity (Wildman–Crippen MR) is 53.7 cm³/mol. The van der Waals surface area contributed by atoms with Gasteiger partial charge in [0.15, 0.2) is 6.23 Å². The van der Waals surface area contributed by atoms with Gasteiger partial charge >= 0.3 is 5.97 Å². The maximum atomic E-state index is 10.9. The fourth-order valence-corrected chi connectivity index (χ4v) is 0.966. The van der Waals surface area contributed by atoms with Crippen molar-refractivity contribution in [2.24, 2.45) is 0 Å². The topological polar surface area (TPSA) is 51.2 Å². The lowest BCUT2D eigenvalue weighted by atomic mass is 10.4. The van der Waals surface area contributed by atoms with Gasteiger partial charge in [-0.15, -0.1) is 0 Å². The van der Waals surface area contributed by atoms with E-state index in [1.54, 1.807) is 20.0 Å². The summed E-state index contributed by atoms with van der Waals surface area (Å²) in [6.07, 6.45) is 1.71. The van der Waals surface area contributed by atoms with E-state index in [4.69, 9.17) is 4.74 Å². The van der Waals surface area contributed by atoms with Gasteiger partial charge in [0, 0.05) is 12.6 Å². The number of carbonyl (C=O) groups excluding carboxylic acids is 1. The van der Waals surface area contributed by atoms with E-state index in [-0.39, 0.29) is 12.2 Å². The number of anilines is 1. The van der Waals surface area contributed by atoms with Gasteiger partial charge in [0.25, 0.3) is 0 Å². The largest absolute Gasteiger partial charge is 0.442 e. The third-order valence-electron chi connectivity index (χ3n) is 1.61. The summed E-state index contributed by atoms with van der Waals surface area (Å²) in [5.74, 6) is 0.477. The lowest BCUT2D eigenvalue weighted by Crippen LogP contribution is -2.23. The Morgan fingerprint density at radius 1 is 1.64 bits per heavy atom. The first-order chi connectivity index (χ1) is 6.72. The highest BCUT2D eigenvalue weighted by molar-refractivity contribution is 5.69. The Morgan fingerprint density at radius 2 is 2.43 bits per heavy atom. The average molecular weight is 194 g/mol. The third-order valence-corrected chi connectivity index (χ3v) is 1.61. The fourth-order valence-electron chi connectivity index (χ4n) is 0.966. The van der Waals surface area contributed by atoms with E-state index in [1.165, 1.54) is 0 Å². The van der Waals surface area contributed by atoms with E-state index in [0.29, 0.717) is 12.2 Å². The van der Waals surface area contributed by atoms with Gasteiger partial charge in [-0.1, -0.05) is 13.0 Å². The van der Waals surface area contributed by atoms with Crippen LogP contribution in [0.25, 0.3) is 0 Å². The fraction of sp³-hybridized carbons (Fsp3) is 0.400. The molecule has 76 valence electrons. The smallest absolute Gasteiger partial charge is 0.307 e. The molecule has 1 unspecified atom stereocenters. The van der Waals surface area contributed by atoms with Crippen molar-refractivity contribution in [3.8, 4) is 0 Å². The number of nitrogens with zero attached hydrogens (tertiary/aromatic N) is 1. The minimum atomic E-state index is -0.350. The second-order valence-corrected chi connectivity index (χ2v) is 2.84. The van der Waals surface area contributed by atoms with Crippen molar-refractivity contribution in [2.45, 2.75) is 26.5 Å². The second-order valence-electron chi connectivity index (χ2n) is 2.84. The molecule has 1 aromatic rings. The molecule has 0 aliphatic carbocycles. The summed E-state index contributed by atoms with van der Waals surface area (Å²) in [6.45, 7) is 3.53. The Balaban J connectivity index is 2.41. The van der Waals surface area contributed by atoms with E-state index < -0.39 is 0 Å². The van der Waals surface area contributed by atoms with Crippen molar-refractivity contribution in [1.29, 1.82) is 0 Å². The summed E-state index contributed by atoms with van der Waals surface area (Å²) in [5, 5.41) is 2.95. The SMILES string of the molecule is CCC(=O)OC(C)Nc1ccccn1. The van der Waals surface area contributed by atoms with Crippen LogP contribution in [0.2, 0.25) is 0 Å². The van der Waals surface area contributed by atoms with Gasteiger partial charge in [-0.25, -0.2) is 4.98 Å². The van der Waals surface area contributed by atoms with Crippen LogP contribution in [-0.2, 0) is 9.53 Å². The lowest BCUT2D eigenvalue weighted by Gasteiger charge is -2.14. The van der Waals surface area contributed by atoms with Gasteiger partial charge in [0.1, 0.15) is 5.82 Å². The number of carbonyl (C=O) groups is 1. The predicted octanol–water partition coefficient (Wildman–Crippen LogP) is 1.79. The van der Waals surface area contributed by atoms with E-state index in [9.17, 15) is 4.79 Å². The van der Waals surface area contributed by atoms with Crippen LogP contribution >= 0.6 is 0 Å². The number of esters is 1. The van der Waals surface area contributed by atoms with Gasteiger partial charge in [0.05, 0.1) is 0 Å². The van der Waals surface area contributed by atoms with Crippen LogP contribution in [0, 0.1) is 0 Å². The molecule has 0 aliphatic rings. The maximum absolute atomic E-state index is 10.9. The molecular weight excluding hydrogens is 180 g/mol. The molecule has 0 bridgehead atoms. The standard InChI is InChI=1S/C10H14N2O2/c1-3-10(13)14-8(2)12-9-6-4-5-7-11-9/h4-8H,3H2,1-2H3,(H,11,12). The highest BCUT2D eigenvalue weighted by Gasteiger charge is 2.06. The molecule has 0 aromatic carbocycles. The first-order valence-corrected chi connectivity index (χ1v) is 4.59. The van der Waals surface area contributed by atoms with E-state index in [1.807, 2.05) is 18.2 Å². The van der Waals surface area contributed by atoms with Crippen LogP contribution in [0.1, 0.15) is 20.3 Å². The number of hydrogen-bond donors (Lipinski definition) is 1. The zero-order chi connectivity index (χ0) is 10.4. The van der Waals surface area contributed by atoms with Crippen LogP contribution in [0.15, 0.2) is 24.4 Å². The molecule has 4 heteroatoms. The normalized spacial score (nSPS) is 11.9. The van der Waals surface area contributed by atoms with Crippen LogP contribution in [0.5, 0.6) is 0 Å². The molecule has 4 nitrogen and oxygen atoms in total. The Hall–Kier alpha value is -1.58. The van der Waals surface area contributed by atoms with E-state index >= 15 is 0 Å². The van der Waals surface area contributed by atoms with Crippen molar-refractivity contribution >= 4 is 11.8 Å². The number of hydrogen-bond acceptors (Lipinski definition) is 4. The Kier molecular flexibility index (Phi) is 3.91. The molecular formula is C10H14N2O2. The summed E-state index contributed by atoms with van der Waals surface area (Å²) < 4.78 is 5.01. The van der Waals surface area contributed by atoms with E-state index in [2.05, 4.69) is 10.3 Å². The minimum absolute atomic E-state index is 0.221. The summed E-state index contributed by atoms with van der Waals surface area (Å²) >= 11 is 0. The first-order valence-electron chi connectivity index (χ1n) is 4.59. The van der Waals surface area contributed by atoms with Crippen molar-refractivity contribution in [3.63, 3.8) is 0 Å². The van der Waals surface area contributed by atoms with Gasteiger partial charge in [0.2, 0.25) is 0 Å². The molecule has 1 rings (SSSR count). The maximum Gasteiger partial charge on any atom is 0.307 e. The Labute approximate surface area is 83.3 Å². The molecule has 0 saturated carbocycles. The summed E-state index contributed by atoms with van der Waals surface area (Å²) in [6, 6.07) is 5.51. The number of rotatable bonds is 4. The number of nitrogens with one attached hydrogen (secondary N) is 1. The van der Waals surface area contributed by atoms with Crippen molar-refractivity contribution in [1.82, 2.24) is 4.98 Å². The monoisotopic (exact) mass is 194 g/mol. The third kappa shape index (κ3) is 3.43. The molecule has 0 radical (unpaired) electrons. The second kappa shape index (κ2) is 5.21. The van der Waals surface area contributed by atoms with Crippen LogP contribution in [0.3, 0.4) is 0 Å². The molecule has 1 N–H and O–H groups in total. The zero-order valence-corrected chi connectivity index (χ0v) is 8.36. The summed E-state index contributed by atoms with van der Waals surface area (Å²) in [7, 11) is 0. The van der Waals surface area contributed by atoms with E-state index in [0.717, 1.165) is 0 Å². The molecule has 1 heterocycles. The lowest BCUT2D eigenvalue weighted by molar-refractivity contribution is -0.146. The van der Waals surface area contributed by atoms with Crippen molar-refractivity contribution in [2.75, 3.05) is 5.32 Å². The number of pyridine rings is 1. The zero-order valence-electron chi connectivity index (χ0n) is 8.36. The highest BCUT2D eigenvalue weighted by Crippen LogP contribution is 2.03.